The van der Waals surface area contributed by atoms with Gasteiger partial charge in [-0.3, -0.25) is 0 Å². The molecular formula is C22H31F5SSi. The molecule has 0 spiro atoms. The zero-order chi connectivity index (χ0) is 21.9. The highest BCUT2D eigenvalue weighted by Gasteiger charge is 2.35. The lowest BCUT2D eigenvalue weighted by Gasteiger charge is -2.18. The minimum atomic E-state index is -3.11. The van der Waals surface area contributed by atoms with Crippen LogP contribution in [-0.2, 0) is 0 Å². The van der Waals surface area contributed by atoms with E-state index in [0.717, 1.165) is 19.3 Å². The van der Waals surface area contributed by atoms with Gasteiger partial charge >= 0.3 is 0 Å². The number of halogens is 5. The van der Waals surface area contributed by atoms with Gasteiger partial charge in [-0.05, 0) is 24.3 Å². The first kappa shape index (κ1) is 26.0. The summed E-state index contributed by atoms with van der Waals surface area (Å²) < 4.78 is 68.1. The minimum Gasteiger partial charge on any atom is -0.204 e. The average molecular weight is 451 g/mol. The van der Waals surface area contributed by atoms with E-state index in [2.05, 4.69) is 18.4 Å². The topological polar surface area (TPSA) is 0 Å². The third kappa shape index (κ3) is 8.33. The summed E-state index contributed by atoms with van der Waals surface area (Å²) in [6.07, 6.45) is 9.89. The highest BCUT2D eigenvalue weighted by Crippen LogP contribution is 2.19. The molecule has 0 aliphatic heterocycles. The molecule has 1 rings (SSSR count). The fourth-order valence-electron chi connectivity index (χ4n) is 3.12. The van der Waals surface area contributed by atoms with Crippen LogP contribution in [0.5, 0.6) is 0 Å². The summed E-state index contributed by atoms with van der Waals surface area (Å²) in [5.41, 5.74) is 2.82. The minimum absolute atomic E-state index is 0.570. The zero-order valence-electron chi connectivity index (χ0n) is 17.6. The second-order valence-corrected chi connectivity index (χ2v) is 13.0. The van der Waals surface area contributed by atoms with E-state index in [1.807, 2.05) is 11.8 Å². The third-order valence-electron chi connectivity index (χ3n) is 4.78. The van der Waals surface area contributed by atoms with E-state index in [0.29, 0.717) is 6.42 Å². The molecule has 0 unspecified atom stereocenters. The van der Waals surface area contributed by atoms with Crippen LogP contribution in [0.1, 0.15) is 64.7 Å². The van der Waals surface area contributed by atoms with Gasteiger partial charge in [0, 0.05) is 11.6 Å². The Morgan fingerprint density at radius 3 is 1.66 bits per heavy atom. The molecule has 0 radical (unpaired) electrons. The quantitative estimate of drug-likeness (QED) is 0.0817. The Morgan fingerprint density at radius 1 is 0.690 bits per heavy atom. The summed E-state index contributed by atoms with van der Waals surface area (Å²) in [5.74, 6) is -4.08. The van der Waals surface area contributed by atoms with Gasteiger partial charge in [0.05, 0.1) is 0 Å². The Morgan fingerprint density at radius 2 is 1.14 bits per heavy atom. The molecule has 0 aliphatic rings. The van der Waals surface area contributed by atoms with Gasteiger partial charge in [0.2, 0.25) is 5.82 Å². The standard InChI is InChI=1S/C22H31F5SSi/c1-4-28-15-13-11-9-7-5-6-8-10-12-14-16-29(2,3)22-20(26)18(24)17(23)19(25)21(22)27/h4-13,15H2,1-3H3. The molecule has 164 valence electrons. The molecule has 1 aromatic carbocycles. The van der Waals surface area contributed by atoms with Crippen molar-refractivity contribution in [3.8, 4) is 11.5 Å². The summed E-state index contributed by atoms with van der Waals surface area (Å²) in [4.78, 5) is 0. The Hall–Kier alpha value is -1.00. The molecule has 0 fully saturated rings. The van der Waals surface area contributed by atoms with E-state index < -0.39 is 42.3 Å². The van der Waals surface area contributed by atoms with E-state index in [1.165, 1.54) is 56.7 Å². The van der Waals surface area contributed by atoms with Gasteiger partial charge in [0.1, 0.15) is 0 Å². The van der Waals surface area contributed by atoms with Crippen LogP contribution in [0.15, 0.2) is 0 Å². The first-order chi connectivity index (χ1) is 13.7. The van der Waals surface area contributed by atoms with Crippen LogP contribution in [0.25, 0.3) is 0 Å². The van der Waals surface area contributed by atoms with Crippen LogP contribution >= 0.6 is 11.8 Å². The van der Waals surface area contributed by atoms with E-state index in [1.54, 1.807) is 0 Å². The van der Waals surface area contributed by atoms with Gasteiger partial charge in [-0.2, -0.15) is 11.8 Å². The van der Waals surface area contributed by atoms with Crippen molar-refractivity contribution in [3.63, 3.8) is 0 Å². The van der Waals surface area contributed by atoms with Gasteiger partial charge < -0.3 is 0 Å². The Kier molecular flexibility index (Phi) is 12.0. The smallest absolute Gasteiger partial charge is 0.200 e. The molecule has 7 heteroatoms. The van der Waals surface area contributed by atoms with Crippen LogP contribution in [0.2, 0.25) is 13.1 Å². The summed E-state index contributed by atoms with van der Waals surface area (Å²) in [6, 6.07) is 0. The van der Waals surface area contributed by atoms with Crippen LogP contribution in [0, 0.1) is 40.6 Å². The largest absolute Gasteiger partial charge is 0.204 e. The molecule has 0 saturated carbocycles. The summed E-state index contributed by atoms with van der Waals surface area (Å²) in [6.45, 7) is 5.17. The van der Waals surface area contributed by atoms with Gasteiger partial charge in [0.15, 0.2) is 31.3 Å². The van der Waals surface area contributed by atoms with Crippen LogP contribution in [-0.4, -0.2) is 19.6 Å². The molecule has 0 N–H and O–H groups in total. The second-order valence-electron chi connectivity index (χ2n) is 7.65. The molecule has 0 atom stereocenters. The molecule has 0 aromatic heterocycles. The highest BCUT2D eigenvalue weighted by molar-refractivity contribution is 7.99. The van der Waals surface area contributed by atoms with Gasteiger partial charge in [0.25, 0.3) is 0 Å². The first-order valence-electron chi connectivity index (χ1n) is 10.3. The fraction of sp³-hybridized carbons (Fsp3) is 0.636. The van der Waals surface area contributed by atoms with Crippen LogP contribution in [0.4, 0.5) is 22.0 Å². The predicted octanol–water partition coefficient (Wildman–Crippen LogP) is 7.10. The number of unbranched alkanes of at least 4 members (excludes halogenated alkanes) is 8. The number of benzene rings is 1. The van der Waals surface area contributed by atoms with Crippen molar-refractivity contribution in [2.24, 2.45) is 0 Å². The normalized spacial score (nSPS) is 11.4. The lowest BCUT2D eigenvalue weighted by atomic mass is 10.1. The molecule has 0 saturated heterocycles. The van der Waals surface area contributed by atoms with E-state index in [4.69, 9.17) is 0 Å². The number of thioether (sulfide) groups is 1. The van der Waals surface area contributed by atoms with Gasteiger partial charge in [-0.25, -0.2) is 22.0 Å². The first-order valence-corrected chi connectivity index (χ1v) is 14.5. The van der Waals surface area contributed by atoms with Crippen molar-refractivity contribution in [1.82, 2.24) is 0 Å². The summed E-state index contributed by atoms with van der Waals surface area (Å²) in [5, 5.41) is -0.737. The van der Waals surface area contributed by atoms with Crippen molar-refractivity contribution in [2.45, 2.75) is 77.8 Å². The van der Waals surface area contributed by atoms with Crippen molar-refractivity contribution >= 4 is 25.0 Å². The second kappa shape index (κ2) is 13.3. The van der Waals surface area contributed by atoms with Crippen LogP contribution in [0.3, 0.4) is 0 Å². The molecule has 29 heavy (non-hydrogen) atoms. The Bertz CT molecular complexity index is 680. The third-order valence-corrected chi connectivity index (χ3v) is 8.26. The van der Waals surface area contributed by atoms with Gasteiger partial charge in [-0.15, -0.1) is 11.5 Å². The van der Waals surface area contributed by atoms with E-state index in [9.17, 15) is 22.0 Å². The number of hydrogen-bond donors (Lipinski definition) is 0. The molecular weight excluding hydrogens is 419 g/mol. The van der Waals surface area contributed by atoms with Gasteiger partial charge in [-0.1, -0.05) is 58.5 Å². The SMILES string of the molecule is CCSCCCCCCCCCCC#C[Si](C)(C)c1c(F)c(F)c(F)c(F)c1F. The maximum atomic E-state index is 14.0. The zero-order valence-corrected chi connectivity index (χ0v) is 19.4. The molecule has 0 nitrogen and oxygen atoms in total. The van der Waals surface area contributed by atoms with Crippen molar-refractivity contribution < 1.29 is 22.0 Å². The Labute approximate surface area is 177 Å². The molecule has 0 amide bonds. The molecule has 0 aliphatic carbocycles. The number of hydrogen-bond acceptors (Lipinski definition) is 1. The fourth-order valence-corrected chi connectivity index (χ4v) is 5.83. The summed E-state index contributed by atoms with van der Waals surface area (Å²) >= 11 is 1.99. The highest BCUT2D eigenvalue weighted by atomic mass is 32.2. The van der Waals surface area contributed by atoms with E-state index in [-0.39, 0.29) is 0 Å². The number of rotatable bonds is 12. The molecule has 1 aromatic rings. The lowest BCUT2D eigenvalue weighted by molar-refractivity contribution is 0.384. The maximum absolute atomic E-state index is 14.0. The lowest BCUT2D eigenvalue weighted by Crippen LogP contribution is -2.46. The predicted molar refractivity (Wildman–Crippen MR) is 116 cm³/mol. The maximum Gasteiger partial charge on any atom is 0.200 e. The Balaban J connectivity index is 2.39. The van der Waals surface area contributed by atoms with Crippen molar-refractivity contribution in [1.29, 1.82) is 0 Å². The molecule has 0 heterocycles. The average Bonchev–Trinajstić information content (AvgIpc) is 2.68. The van der Waals surface area contributed by atoms with E-state index >= 15 is 0 Å². The van der Waals surface area contributed by atoms with Crippen molar-refractivity contribution in [2.75, 3.05) is 11.5 Å². The molecule has 0 bridgehead atoms. The summed E-state index contributed by atoms with van der Waals surface area (Å²) in [7, 11) is -3.11. The van der Waals surface area contributed by atoms with Crippen molar-refractivity contribution in [3.05, 3.63) is 29.1 Å². The van der Waals surface area contributed by atoms with Crippen LogP contribution < -0.4 is 5.19 Å². The monoisotopic (exact) mass is 450 g/mol.